The van der Waals surface area contributed by atoms with Gasteiger partial charge in [-0.15, -0.1) is 0 Å². The second-order valence-electron chi connectivity index (χ2n) is 6.19. The fourth-order valence-electron chi connectivity index (χ4n) is 2.72. The first-order valence-electron chi connectivity index (χ1n) is 8.78. The third-order valence-corrected chi connectivity index (χ3v) is 4.17. The maximum absolute atomic E-state index is 2.53. The molecule has 0 spiro atoms. The lowest BCUT2D eigenvalue weighted by molar-refractivity contribution is 0.223. The third-order valence-electron chi connectivity index (χ3n) is 4.17. The molecule has 1 atom stereocenters. The van der Waals surface area contributed by atoms with Gasteiger partial charge in [-0.3, -0.25) is 4.90 Å². The molecule has 2 aromatic rings. The van der Waals surface area contributed by atoms with Gasteiger partial charge in [0.1, 0.15) is 0 Å². The Morgan fingerprint density at radius 2 is 1.39 bits per heavy atom. The van der Waals surface area contributed by atoms with Crippen LogP contribution < -0.4 is 0 Å². The smallest absolute Gasteiger partial charge is 0.0256 e. The molecule has 1 nitrogen and oxygen atoms in total. The van der Waals surface area contributed by atoms with Crippen LogP contribution in [0.2, 0.25) is 0 Å². The van der Waals surface area contributed by atoms with E-state index in [-0.39, 0.29) is 0 Å². The lowest BCUT2D eigenvalue weighted by atomic mass is 10.1. The Labute approximate surface area is 141 Å². The molecule has 0 aliphatic rings. The van der Waals surface area contributed by atoms with Crippen LogP contribution in [-0.4, -0.2) is 10.9 Å². The van der Waals surface area contributed by atoms with Crippen molar-refractivity contribution in [2.24, 2.45) is 0 Å². The van der Waals surface area contributed by atoms with Crippen LogP contribution in [0.4, 0.5) is 0 Å². The highest BCUT2D eigenvalue weighted by atomic mass is 15.1. The van der Waals surface area contributed by atoms with Crippen molar-refractivity contribution < 1.29 is 0 Å². The summed E-state index contributed by atoms with van der Waals surface area (Å²) in [7, 11) is 0. The Hall–Kier alpha value is -1.86. The average molecular weight is 307 g/mol. The Kier molecular flexibility index (Phi) is 7.62. The van der Waals surface area contributed by atoms with E-state index in [1.54, 1.807) is 0 Å². The minimum atomic E-state index is 0.437. The minimum Gasteiger partial charge on any atom is -0.289 e. The van der Waals surface area contributed by atoms with E-state index in [1.165, 1.54) is 30.4 Å². The van der Waals surface area contributed by atoms with Gasteiger partial charge in [0.15, 0.2) is 0 Å². The van der Waals surface area contributed by atoms with Gasteiger partial charge in [-0.1, -0.05) is 92.6 Å². The fraction of sp³-hybridized carbons (Fsp3) is 0.364. The Bertz CT molecular complexity index is 518. The zero-order valence-corrected chi connectivity index (χ0v) is 14.5. The fourth-order valence-corrected chi connectivity index (χ4v) is 2.72. The molecule has 0 N–H and O–H groups in total. The van der Waals surface area contributed by atoms with Crippen molar-refractivity contribution in [3.05, 3.63) is 83.9 Å². The number of hydrogen-bond donors (Lipinski definition) is 0. The molecule has 0 radical (unpaired) electrons. The number of benzene rings is 2. The number of rotatable bonds is 9. The van der Waals surface area contributed by atoms with E-state index in [0.29, 0.717) is 6.04 Å². The summed E-state index contributed by atoms with van der Waals surface area (Å²) in [5, 5.41) is 0. The molecule has 23 heavy (non-hydrogen) atoms. The van der Waals surface area contributed by atoms with Crippen LogP contribution in [0.5, 0.6) is 0 Å². The van der Waals surface area contributed by atoms with Crippen molar-refractivity contribution in [3.8, 4) is 0 Å². The monoisotopic (exact) mass is 307 g/mol. The molecule has 0 bridgehead atoms. The normalized spacial score (nSPS) is 12.8. The summed E-state index contributed by atoms with van der Waals surface area (Å²) in [5.74, 6) is 0. The van der Waals surface area contributed by atoms with E-state index < -0.39 is 0 Å². The van der Waals surface area contributed by atoms with Crippen LogP contribution in [0.1, 0.15) is 44.2 Å². The van der Waals surface area contributed by atoms with Crippen LogP contribution in [0.3, 0.4) is 0 Å². The third kappa shape index (κ3) is 6.42. The molecule has 0 aliphatic carbocycles. The van der Waals surface area contributed by atoms with Gasteiger partial charge in [-0.25, -0.2) is 0 Å². The van der Waals surface area contributed by atoms with Crippen molar-refractivity contribution in [2.75, 3.05) is 0 Å². The van der Waals surface area contributed by atoms with Crippen molar-refractivity contribution in [3.63, 3.8) is 0 Å². The van der Waals surface area contributed by atoms with Crippen molar-refractivity contribution in [1.82, 2.24) is 4.90 Å². The molecule has 0 saturated carbocycles. The van der Waals surface area contributed by atoms with Gasteiger partial charge >= 0.3 is 0 Å². The van der Waals surface area contributed by atoms with E-state index in [1.807, 2.05) is 0 Å². The second-order valence-corrected chi connectivity index (χ2v) is 6.19. The maximum atomic E-state index is 2.53. The molecule has 0 fully saturated rings. The summed E-state index contributed by atoms with van der Waals surface area (Å²) in [6, 6.07) is 21.9. The predicted molar refractivity (Wildman–Crippen MR) is 100 cm³/mol. The predicted octanol–water partition coefficient (Wildman–Crippen LogP) is 5.82. The summed E-state index contributed by atoms with van der Waals surface area (Å²) < 4.78 is 0. The summed E-state index contributed by atoms with van der Waals surface area (Å²) in [6.07, 6.45) is 8.43. The first-order valence-corrected chi connectivity index (χ1v) is 8.78. The van der Waals surface area contributed by atoms with Crippen LogP contribution in [0.25, 0.3) is 0 Å². The van der Waals surface area contributed by atoms with E-state index in [4.69, 9.17) is 0 Å². The Balaban J connectivity index is 2.05. The summed E-state index contributed by atoms with van der Waals surface area (Å²) in [4.78, 5) is 2.53. The van der Waals surface area contributed by atoms with Crippen LogP contribution in [0.15, 0.2) is 72.8 Å². The average Bonchev–Trinajstić information content (AvgIpc) is 2.60. The van der Waals surface area contributed by atoms with Gasteiger partial charge in [0, 0.05) is 19.1 Å². The molecule has 2 rings (SSSR count). The van der Waals surface area contributed by atoms with Gasteiger partial charge in [0.25, 0.3) is 0 Å². The molecule has 122 valence electrons. The summed E-state index contributed by atoms with van der Waals surface area (Å²) >= 11 is 0. The molecular weight excluding hydrogens is 278 g/mol. The summed E-state index contributed by atoms with van der Waals surface area (Å²) in [6.45, 7) is 6.51. The van der Waals surface area contributed by atoms with E-state index >= 15 is 0 Å². The highest BCUT2D eigenvalue weighted by Gasteiger charge is 2.12. The standard InChI is InChI=1S/C22H29N/c1-3-4-5-8-13-20(2)23(18-21-14-9-6-10-15-21)19-22-16-11-7-12-17-22/h6-17,20H,3-5,18-19H2,1-2H3/b13-8-/t20-/m0/s1. The molecule has 0 aromatic heterocycles. The first-order chi connectivity index (χ1) is 11.3. The second kappa shape index (κ2) is 10.0. The quantitative estimate of drug-likeness (QED) is 0.416. The van der Waals surface area contributed by atoms with Crippen LogP contribution >= 0.6 is 0 Å². The van der Waals surface area contributed by atoms with Gasteiger partial charge in [0.05, 0.1) is 0 Å². The lowest BCUT2D eigenvalue weighted by Gasteiger charge is -2.27. The maximum Gasteiger partial charge on any atom is 0.0256 e. The topological polar surface area (TPSA) is 3.24 Å². The van der Waals surface area contributed by atoms with Crippen molar-refractivity contribution >= 4 is 0 Å². The zero-order chi connectivity index (χ0) is 16.3. The van der Waals surface area contributed by atoms with Crippen molar-refractivity contribution in [1.29, 1.82) is 0 Å². The molecule has 0 unspecified atom stereocenters. The molecule has 0 amide bonds. The minimum absolute atomic E-state index is 0.437. The molecule has 0 saturated heterocycles. The Morgan fingerprint density at radius 3 is 1.87 bits per heavy atom. The van der Waals surface area contributed by atoms with E-state index in [9.17, 15) is 0 Å². The highest BCUT2D eigenvalue weighted by molar-refractivity contribution is 5.17. The van der Waals surface area contributed by atoms with Crippen LogP contribution in [0, 0.1) is 0 Å². The highest BCUT2D eigenvalue weighted by Crippen LogP contribution is 2.14. The number of hydrogen-bond acceptors (Lipinski definition) is 1. The van der Waals surface area contributed by atoms with Crippen molar-refractivity contribution in [2.45, 2.75) is 52.2 Å². The lowest BCUT2D eigenvalue weighted by Crippen LogP contribution is -2.30. The van der Waals surface area contributed by atoms with Crippen LogP contribution in [-0.2, 0) is 13.1 Å². The Morgan fingerprint density at radius 1 is 0.870 bits per heavy atom. The SMILES string of the molecule is CCCC/C=C\[C@H](C)N(Cc1ccccc1)Cc1ccccc1. The molecule has 1 heteroatoms. The molecular formula is C22H29N. The van der Waals surface area contributed by atoms with Gasteiger partial charge in [-0.2, -0.15) is 0 Å². The van der Waals surface area contributed by atoms with E-state index in [0.717, 1.165) is 13.1 Å². The van der Waals surface area contributed by atoms with Gasteiger partial charge < -0.3 is 0 Å². The van der Waals surface area contributed by atoms with E-state index in [2.05, 4.69) is 91.6 Å². The van der Waals surface area contributed by atoms with Gasteiger partial charge in [0.2, 0.25) is 0 Å². The molecule has 0 heterocycles. The molecule has 2 aromatic carbocycles. The summed E-state index contributed by atoms with van der Waals surface area (Å²) in [5.41, 5.74) is 2.74. The first kappa shape index (κ1) is 17.5. The zero-order valence-electron chi connectivity index (χ0n) is 14.5. The number of unbranched alkanes of at least 4 members (excludes halogenated alkanes) is 2. The number of allylic oxidation sites excluding steroid dienone is 1. The number of nitrogens with zero attached hydrogens (tertiary/aromatic N) is 1. The largest absolute Gasteiger partial charge is 0.289 e. The van der Waals surface area contributed by atoms with Gasteiger partial charge in [-0.05, 0) is 24.5 Å². The molecule has 0 aliphatic heterocycles.